The number of aliphatic imine (C=N–C) groups is 1. The van der Waals surface area contributed by atoms with Gasteiger partial charge in [0.1, 0.15) is 0 Å². The van der Waals surface area contributed by atoms with E-state index in [4.69, 9.17) is 9.73 Å². The zero-order valence-electron chi connectivity index (χ0n) is 18.1. The minimum absolute atomic E-state index is 0. The van der Waals surface area contributed by atoms with Crippen molar-refractivity contribution in [2.75, 3.05) is 19.7 Å². The Bertz CT molecular complexity index is 798. The molecule has 1 aromatic heterocycles. The van der Waals surface area contributed by atoms with Gasteiger partial charge in [0.15, 0.2) is 5.96 Å². The zero-order chi connectivity index (χ0) is 20.0. The first-order valence-corrected chi connectivity index (χ1v) is 10.5. The molecular weight excluding hydrogens is 475 g/mol. The van der Waals surface area contributed by atoms with Gasteiger partial charge in [-0.3, -0.25) is 4.98 Å². The summed E-state index contributed by atoms with van der Waals surface area (Å²) >= 11 is 0. The standard InChI is InChI=1S/C23H34N4O.HI/c1-5-24-22(27-16-18-9-8-14-28-21(18)23(2,3)4)26-15-17-12-13-25-20-11-7-6-10-19(17)20;/h6-7,10-13,18,21H,5,8-9,14-16H2,1-4H3,(H2,24,26,27);1H. The minimum Gasteiger partial charge on any atom is -0.377 e. The molecule has 2 heterocycles. The summed E-state index contributed by atoms with van der Waals surface area (Å²) in [6, 6.07) is 10.3. The number of aromatic nitrogens is 1. The van der Waals surface area contributed by atoms with Crippen LogP contribution in [0.25, 0.3) is 10.9 Å². The largest absolute Gasteiger partial charge is 0.377 e. The quantitative estimate of drug-likeness (QED) is 0.347. The van der Waals surface area contributed by atoms with E-state index in [1.807, 2.05) is 18.3 Å². The Labute approximate surface area is 192 Å². The molecule has 2 unspecified atom stereocenters. The van der Waals surface area contributed by atoms with Crippen molar-refractivity contribution in [3.8, 4) is 0 Å². The number of ether oxygens (including phenoxy) is 1. The van der Waals surface area contributed by atoms with E-state index >= 15 is 0 Å². The van der Waals surface area contributed by atoms with Gasteiger partial charge in [-0.25, -0.2) is 4.99 Å². The van der Waals surface area contributed by atoms with Gasteiger partial charge in [0.25, 0.3) is 0 Å². The summed E-state index contributed by atoms with van der Waals surface area (Å²) in [4.78, 5) is 9.27. The predicted octanol–water partition coefficient (Wildman–Crippen LogP) is 4.75. The lowest BCUT2D eigenvalue weighted by Crippen LogP contribution is -2.47. The monoisotopic (exact) mass is 510 g/mol. The van der Waals surface area contributed by atoms with Gasteiger partial charge in [0.2, 0.25) is 0 Å². The van der Waals surface area contributed by atoms with E-state index in [2.05, 4.69) is 61.5 Å². The molecule has 2 aromatic rings. The maximum Gasteiger partial charge on any atom is 0.191 e. The fraction of sp³-hybridized carbons (Fsp3) is 0.565. The van der Waals surface area contributed by atoms with Crippen molar-refractivity contribution < 1.29 is 4.74 Å². The summed E-state index contributed by atoms with van der Waals surface area (Å²) in [6.45, 7) is 12.1. The second-order valence-corrected chi connectivity index (χ2v) is 8.62. The lowest BCUT2D eigenvalue weighted by Gasteiger charge is -2.40. The lowest BCUT2D eigenvalue weighted by molar-refractivity contribution is -0.0835. The first kappa shape index (κ1) is 23.9. The third-order valence-corrected chi connectivity index (χ3v) is 5.32. The van der Waals surface area contributed by atoms with Gasteiger partial charge in [-0.05, 0) is 42.9 Å². The molecule has 2 atom stereocenters. The van der Waals surface area contributed by atoms with Crippen molar-refractivity contribution in [1.82, 2.24) is 15.6 Å². The fourth-order valence-electron chi connectivity index (χ4n) is 4.04. The van der Waals surface area contributed by atoms with E-state index in [9.17, 15) is 0 Å². The second kappa shape index (κ2) is 11.1. The molecule has 1 saturated heterocycles. The Morgan fingerprint density at radius 3 is 2.76 bits per heavy atom. The van der Waals surface area contributed by atoms with Gasteiger partial charge in [0.05, 0.1) is 18.2 Å². The molecule has 0 bridgehead atoms. The van der Waals surface area contributed by atoms with Gasteiger partial charge < -0.3 is 15.4 Å². The Kier molecular flexibility index (Phi) is 9.14. The highest BCUT2D eigenvalue weighted by atomic mass is 127. The fourth-order valence-corrected chi connectivity index (χ4v) is 4.04. The third kappa shape index (κ3) is 6.54. The number of nitrogens with one attached hydrogen (secondary N) is 2. The molecule has 1 aliphatic heterocycles. The molecule has 1 fully saturated rings. The molecule has 1 aromatic carbocycles. The third-order valence-electron chi connectivity index (χ3n) is 5.32. The van der Waals surface area contributed by atoms with Gasteiger partial charge in [-0.1, -0.05) is 39.0 Å². The summed E-state index contributed by atoms with van der Waals surface area (Å²) in [7, 11) is 0. The maximum atomic E-state index is 6.12. The zero-order valence-corrected chi connectivity index (χ0v) is 20.4. The Hall–Kier alpha value is -1.41. The van der Waals surface area contributed by atoms with E-state index in [0.717, 1.165) is 43.0 Å². The number of hydrogen-bond donors (Lipinski definition) is 2. The first-order valence-electron chi connectivity index (χ1n) is 10.5. The molecule has 5 nitrogen and oxygen atoms in total. The molecule has 0 amide bonds. The van der Waals surface area contributed by atoms with E-state index in [1.165, 1.54) is 12.0 Å². The minimum atomic E-state index is 0. The van der Waals surface area contributed by atoms with Crippen LogP contribution in [0.1, 0.15) is 46.1 Å². The van der Waals surface area contributed by atoms with Crippen LogP contribution in [0.15, 0.2) is 41.5 Å². The van der Waals surface area contributed by atoms with Gasteiger partial charge in [-0.2, -0.15) is 0 Å². The van der Waals surface area contributed by atoms with Crippen LogP contribution in [0, 0.1) is 11.3 Å². The van der Waals surface area contributed by atoms with Gasteiger partial charge in [-0.15, -0.1) is 24.0 Å². The second-order valence-electron chi connectivity index (χ2n) is 8.62. The van der Waals surface area contributed by atoms with Gasteiger partial charge >= 0.3 is 0 Å². The number of pyridine rings is 1. The van der Waals surface area contributed by atoms with Crippen LogP contribution in [0.4, 0.5) is 0 Å². The van der Waals surface area contributed by atoms with Crippen molar-refractivity contribution >= 4 is 40.8 Å². The molecule has 29 heavy (non-hydrogen) atoms. The molecule has 2 N–H and O–H groups in total. The highest BCUT2D eigenvalue weighted by molar-refractivity contribution is 14.0. The predicted molar refractivity (Wildman–Crippen MR) is 132 cm³/mol. The Morgan fingerprint density at radius 1 is 1.21 bits per heavy atom. The van der Waals surface area contributed by atoms with Crippen LogP contribution in [-0.2, 0) is 11.3 Å². The molecule has 6 heteroatoms. The molecule has 1 aliphatic rings. The topological polar surface area (TPSA) is 58.5 Å². The molecule has 0 spiro atoms. The number of hydrogen-bond acceptors (Lipinski definition) is 3. The lowest BCUT2D eigenvalue weighted by atomic mass is 9.78. The number of fused-ring (bicyclic) bond motifs is 1. The van der Waals surface area contributed by atoms with Crippen LogP contribution in [-0.4, -0.2) is 36.7 Å². The molecule has 0 saturated carbocycles. The van der Waals surface area contributed by atoms with Crippen molar-refractivity contribution in [2.24, 2.45) is 16.3 Å². The molecule has 3 rings (SSSR count). The average molecular weight is 510 g/mol. The van der Waals surface area contributed by atoms with Gasteiger partial charge in [0, 0.05) is 37.2 Å². The smallest absolute Gasteiger partial charge is 0.191 e. The van der Waals surface area contributed by atoms with Crippen LogP contribution < -0.4 is 10.6 Å². The highest BCUT2D eigenvalue weighted by Crippen LogP contribution is 2.33. The van der Waals surface area contributed by atoms with Crippen LogP contribution in [0.5, 0.6) is 0 Å². The Balaban J connectivity index is 0.00000300. The summed E-state index contributed by atoms with van der Waals surface area (Å²) in [5.74, 6) is 1.36. The van der Waals surface area contributed by atoms with E-state index in [0.29, 0.717) is 12.5 Å². The van der Waals surface area contributed by atoms with E-state index in [1.54, 1.807) is 0 Å². The number of guanidine groups is 1. The number of benzene rings is 1. The SMILES string of the molecule is CCNC(=NCc1ccnc2ccccc12)NCC1CCCOC1C(C)(C)C.I. The van der Waals surface area contributed by atoms with Crippen molar-refractivity contribution in [3.05, 3.63) is 42.1 Å². The maximum absolute atomic E-state index is 6.12. The number of halogens is 1. The average Bonchev–Trinajstić information content (AvgIpc) is 2.69. The highest BCUT2D eigenvalue weighted by Gasteiger charge is 2.35. The van der Waals surface area contributed by atoms with Crippen molar-refractivity contribution in [2.45, 2.75) is 53.2 Å². The summed E-state index contributed by atoms with van der Waals surface area (Å²) in [5, 5.41) is 8.10. The van der Waals surface area contributed by atoms with E-state index < -0.39 is 0 Å². The Morgan fingerprint density at radius 2 is 2.00 bits per heavy atom. The van der Waals surface area contributed by atoms with E-state index in [-0.39, 0.29) is 35.5 Å². The number of para-hydroxylation sites is 1. The van der Waals surface area contributed by atoms with Crippen molar-refractivity contribution in [1.29, 1.82) is 0 Å². The summed E-state index contributed by atoms with van der Waals surface area (Å²) in [6.07, 6.45) is 4.47. The van der Waals surface area contributed by atoms with Crippen LogP contribution in [0.2, 0.25) is 0 Å². The normalized spacial score (nSPS) is 20.2. The van der Waals surface area contributed by atoms with Crippen LogP contribution in [0.3, 0.4) is 0 Å². The molecule has 160 valence electrons. The molecule has 0 radical (unpaired) electrons. The molecule has 0 aliphatic carbocycles. The summed E-state index contributed by atoms with van der Waals surface area (Å²) < 4.78 is 6.12. The first-order chi connectivity index (χ1) is 13.5. The molecular formula is C23H35IN4O. The van der Waals surface area contributed by atoms with Crippen molar-refractivity contribution in [3.63, 3.8) is 0 Å². The summed E-state index contributed by atoms with van der Waals surface area (Å²) in [5.41, 5.74) is 2.36. The number of rotatable bonds is 5. The number of nitrogens with zero attached hydrogens (tertiary/aromatic N) is 2. The van der Waals surface area contributed by atoms with Crippen LogP contribution >= 0.6 is 24.0 Å².